The topological polar surface area (TPSA) is 54.0 Å². The maximum Gasteiger partial charge on any atom is 0.153 e. The van der Waals surface area contributed by atoms with Gasteiger partial charge < -0.3 is 18.9 Å². The molecule has 20 heavy (non-hydrogen) atoms. The third-order valence-electron chi connectivity index (χ3n) is 2.39. The smallest absolute Gasteiger partial charge is 0.153 e. The molecule has 112 valence electrons. The highest BCUT2D eigenvalue weighted by molar-refractivity contribution is 6.30. The van der Waals surface area contributed by atoms with Crippen LogP contribution in [0, 0.1) is 0 Å². The van der Waals surface area contributed by atoms with Crippen LogP contribution in [0.25, 0.3) is 0 Å². The van der Waals surface area contributed by atoms with Crippen LogP contribution < -0.4 is 4.74 Å². The van der Waals surface area contributed by atoms with Crippen LogP contribution in [-0.4, -0.2) is 53.0 Å². The van der Waals surface area contributed by atoms with Gasteiger partial charge in [-0.05, 0) is 18.2 Å². The maximum absolute atomic E-state index is 10.8. The van der Waals surface area contributed by atoms with Gasteiger partial charge in [0.05, 0.1) is 38.6 Å². The van der Waals surface area contributed by atoms with Crippen LogP contribution in [0.4, 0.5) is 0 Å². The lowest BCUT2D eigenvalue weighted by Crippen LogP contribution is -2.12. The van der Waals surface area contributed by atoms with Crippen LogP contribution in [0.2, 0.25) is 5.02 Å². The molecule has 0 aliphatic heterocycles. The lowest BCUT2D eigenvalue weighted by molar-refractivity contribution is 0.0179. The number of methoxy groups -OCH3 is 1. The second-order valence-electron chi connectivity index (χ2n) is 3.87. The number of halogens is 1. The average molecular weight is 303 g/mol. The Balaban J connectivity index is 2.12. The van der Waals surface area contributed by atoms with Crippen molar-refractivity contribution in [2.45, 2.75) is 0 Å². The Kier molecular flexibility index (Phi) is 8.98. The van der Waals surface area contributed by atoms with Gasteiger partial charge in [-0.3, -0.25) is 4.79 Å². The first-order valence-corrected chi connectivity index (χ1v) is 6.67. The van der Waals surface area contributed by atoms with E-state index >= 15 is 0 Å². The van der Waals surface area contributed by atoms with Gasteiger partial charge in [0.2, 0.25) is 0 Å². The first-order chi connectivity index (χ1) is 9.77. The van der Waals surface area contributed by atoms with E-state index in [1.807, 2.05) is 0 Å². The molecule has 6 heteroatoms. The van der Waals surface area contributed by atoms with Gasteiger partial charge in [-0.15, -0.1) is 0 Å². The summed E-state index contributed by atoms with van der Waals surface area (Å²) >= 11 is 5.84. The van der Waals surface area contributed by atoms with Crippen LogP contribution in [0.15, 0.2) is 18.2 Å². The van der Waals surface area contributed by atoms with E-state index in [2.05, 4.69) is 0 Å². The van der Waals surface area contributed by atoms with Crippen LogP contribution in [-0.2, 0) is 14.2 Å². The number of benzene rings is 1. The van der Waals surface area contributed by atoms with Gasteiger partial charge in [0.25, 0.3) is 0 Å². The molecule has 0 atom stereocenters. The molecule has 0 aromatic heterocycles. The Morgan fingerprint density at radius 3 is 2.35 bits per heavy atom. The number of ether oxygens (including phenoxy) is 4. The fourth-order valence-electron chi connectivity index (χ4n) is 1.41. The molecule has 0 aliphatic rings. The lowest BCUT2D eigenvalue weighted by atomic mass is 10.2. The quantitative estimate of drug-likeness (QED) is 0.463. The third-order valence-corrected chi connectivity index (χ3v) is 2.63. The zero-order chi connectivity index (χ0) is 14.6. The highest BCUT2D eigenvalue weighted by Gasteiger charge is 2.03. The second-order valence-corrected chi connectivity index (χ2v) is 4.30. The molecular weight excluding hydrogens is 284 g/mol. The van der Waals surface area contributed by atoms with E-state index in [-0.39, 0.29) is 0 Å². The lowest BCUT2D eigenvalue weighted by Gasteiger charge is -2.09. The van der Waals surface area contributed by atoms with Crippen LogP contribution in [0.1, 0.15) is 10.4 Å². The van der Waals surface area contributed by atoms with Crippen molar-refractivity contribution >= 4 is 17.9 Å². The number of carbonyl (C=O) groups excluding carboxylic acids is 1. The Morgan fingerprint density at radius 1 is 1.05 bits per heavy atom. The fraction of sp³-hybridized carbons (Fsp3) is 0.500. The molecule has 0 spiro atoms. The summed E-state index contributed by atoms with van der Waals surface area (Å²) in [4.78, 5) is 10.8. The molecule has 0 heterocycles. The Bertz CT molecular complexity index is 397. The summed E-state index contributed by atoms with van der Waals surface area (Å²) in [5.74, 6) is 0.465. The normalized spacial score (nSPS) is 10.5. The second kappa shape index (κ2) is 10.6. The van der Waals surface area contributed by atoms with Crippen LogP contribution >= 0.6 is 11.6 Å². The standard InChI is InChI=1S/C14H19ClO5/c1-17-4-5-18-6-7-19-8-9-20-14-10-13(15)3-2-12(14)11-16/h2-3,10-11H,4-9H2,1H3. The van der Waals surface area contributed by atoms with Gasteiger partial charge in [0.15, 0.2) is 6.29 Å². The van der Waals surface area contributed by atoms with Crippen molar-refractivity contribution in [2.75, 3.05) is 46.8 Å². The number of aldehydes is 1. The summed E-state index contributed by atoms with van der Waals surface area (Å²) in [7, 11) is 1.63. The first kappa shape index (κ1) is 16.9. The summed E-state index contributed by atoms with van der Waals surface area (Å²) in [5.41, 5.74) is 0.470. The summed E-state index contributed by atoms with van der Waals surface area (Å²) in [6.07, 6.45) is 0.732. The molecule has 1 rings (SSSR count). The van der Waals surface area contributed by atoms with Gasteiger partial charge in [-0.25, -0.2) is 0 Å². The maximum atomic E-state index is 10.8. The average Bonchev–Trinajstić information content (AvgIpc) is 2.46. The summed E-state index contributed by atoms with van der Waals surface area (Å²) in [6.45, 7) is 2.90. The van der Waals surface area contributed by atoms with Crippen LogP contribution in [0.5, 0.6) is 5.75 Å². The molecule has 0 saturated carbocycles. The van der Waals surface area contributed by atoms with E-state index in [1.54, 1.807) is 25.3 Å². The SMILES string of the molecule is COCCOCCOCCOc1cc(Cl)ccc1C=O. The van der Waals surface area contributed by atoms with Crippen molar-refractivity contribution in [3.8, 4) is 5.75 Å². The zero-order valence-corrected chi connectivity index (χ0v) is 12.2. The molecule has 1 aromatic rings. The Hall–Kier alpha value is -1.14. The van der Waals surface area contributed by atoms with E-state index in [0.29, 0.717) is 56.0 Å². The van der Waals surface area contributed by atoms with Gasteiger partial charge in [0, 0.05) is 12.1 Å². The van der Waals surface area contributed by atoms with Crippen molar-refractivity contribution in [3.05, 3.63) is 28.8 Å². The fourth-order valence-corrected chi connectivity index (χ4v) is 1.57. The van der Waals surface area contributed by atoms with E-state index in [9.17, 15) is 4.79 Å². The predicted molar refractivity (Wildman–Crippen MR) is 75.8 cm³/mol. The highest BCUT2D eigenvalue weighted by Crippen LogP contribution is 2.21. The van der Waals surface area contributed by atoms with E-state index in [1.165, 1.54) is 0 Å². The van der Waals surface area contributed by atoms with Crippen molar-refractivity contribution in [2.24, 2.45) is 0 Å². The monoisotopic (exact) mass is 302 g/mol. The predicted octanol–water partition coefficient (Wildman–Crippen LogP) is 2.21. The highest BCUT2D eigenvalue weighted by atomic mass is 35.5. The Morgan fingerprint density at radius 2 is 1.70 bits per heavy atom. The number of carbonyl (C=O) groups is 1. The third kappa shape index (κ3) is 6.86. The number of rotatable bonds is 11. The first-order valence-electron chi connectivity index (χ1n) is 6.30. The molecule has 1 aromatic carbocycles. The van der Waals surface area contributed by atoms with Gasteiger partial charge in [-0.1, -0.05) is 11.6 Å². The van der Waals surface area contributed by atoms with Gasteiger partial charge >= 0.3 is 0 Å². The molecule has 0 saturated heterocycles. The Labute approximate surface area is 123 Å². The molecule has 0 aliphatic carbocycles. The molecule has 0 bridgehead atoms. The molecule has 0 N–H and O–H groups in total. The van der Waals surface area contributed by atoms with Crippen molar-refractivity contribution in [3.63, 3.8) is 0 Å². The van der Waals surface area contributed by atoms with Gasteiger partial charge in [-0.2, -0.15) is 0 Å². The molecule has 0 amide bonds. The van der Waals surface area contributed by atoms with Crippen molar-refractivity contribution < 1.29 is 23.7 Å². The minimum atomic E-state index is 0.346. The molecule has 0 fully saturated rings. The van der Waals surface area contributed by atoms with E-state index in [4.69, 9.17) is 30.5 Å². The van der Waals surface area contributed by atoms with Crippen molar-refractivity contribution in [1.82, 2.24) is 0 Å². The minimum absolute atomic E-state index is 0.346. The van der Waals surface area contributed by atoms with Crippen molar-refractivity contribution in [1.29, 1.82) is 0 Å². The summed E-state index contributed by atoms with van der Waals surface area (Å²) in [5, 5.41) is 0.526. The number of hydrogen-bond donors (Lipinski definition) is 0. The molecule has 0 radical (unpaired) electrons. The number of hydrogen-bond acceptors (Lipinski definition) is 5. The van der Waals surface area contributed by atoms with Crippen LogP contribution in [0.3, 0.4) is 0 Å². The minimum Gasteiger partial charge on any atom is -0.490 e. The summed E-state index contributed by atoms with van der Waals surface area (Å²) in [6, 6.07) is 4.88. The van der Waals surface area contributed by atoms with Gasteiger partial charge in [0.1, 0.15) is 12.4 Å². The molecule has 5 nitrogen and oxygen atoms in total. The molecular formula is C14H19ClO5. The van der Waals surface area contributed by atoms with E-state index < -0.39 is 0 Å². The summed E-state index contributed by atoms with van der Waals surface area (Å²) < 4.78 is 20.9. The largest absolute Gasteiger partial charge is 0.490 e. The van der Waals surface area contributed by atoms with E-state index in [0.717, 1.165) is 6.29 Å². The molecule has 0 unspecified atom stereocenters. The zero-order valence-electron chi connectivity index (χ0n) is 11.5.